The van der Waals surface area contributed by atoms with E-state index in [1.807, 2.05) is 12.1 Å². The maximum Gasteiger partial charge on any atom is 0.223 e. The molecule has 1 rings (SSSR count). The fraction of sp³-hybridized carbons (Fsp3) is 0.417. The van der Waals surface area contributed by atoms with Gasteiger partial charge in [-0.05, 0) is 13.0 Å². The Morgan fingerprint density at radius 2 is 2.06 bits per heavy atom. The molecule has 0 aliphatic heterocycles. The number of carbonyl (C=O) groups excluding carboxylic acids is 1. The number of benzene rings is 1. The number of rotatable bonds is 5. The fourth-order valence-corrected chi connectivity index (χ4v) is 1.25. The highest BCUT2D eigenvalue weighted by atomic mass is 16.5. The van der Waals surface area contributed by atoms with E-state index in [1.54, 1.807) is 26.0 Å². The number of amides is 1. The van der Waals surface area contributed by atoms with Crippen LogP contribution >= 0.6 is 0 Å². The van der Waals surface area contributed by atoms with Crippen molar-refractivity contribution in [3.63, 3.8) is 0 Å². The minimum absolute atomic E-state index is 0.221. The highest BCUT2D eigenvalue weighted by Crippen LogP contribution is 2.24. The van der Waals surface area contributed by atoms with Crippen LogP contribution < -0.4 is 10.5 Å². The van der Waals surface area contributed by atoms with Crippen LogP contribution in [0.1, 0.15) is 25.5 Å². The summed E-state index contributed by atoms with van der Waals surface area (Å²) in [4.78, 5) is 10.8. The van der Waals surface area contributed by atoms with Gasteiger partial charge in [0.1, 0.15) is 5.75 Å². The first-order valence-corrected chi connectivity index (χ1v) is 5.21. The first kappa shape index (κ1) is 12.5. The number of para-hydroxylation sites is 1. The van der Waals surface area contributed by atoms with Crippen LogP contribution in [0.4, 0.5) is 0 Å². The predicted octanol–water partition coefficient (Wildman–Crippen LogP) is 1.24. The molecule has 0 aliphatic carbocycles. The van der Waals surface area contributed by atoms with Crippen molar-refractivity contribution in [2.45, 2.75) is 20.0 Å². The summed E-state index contributed by atoms with van der Waals surface area (Å²) in [6.45, 7) is 3.59. The number of primary amides is 1. The third-order valence-electron chi connectivity index (χ3n) is 2.34. The molecule has 1 aromatic carbocycles. The molecule has 0 bridgehead atoms. The summed E-state index contributed by atoms with van der Waals surface area (Å²) in [5, 5.41) is 9.51. The zero-order chi connectivity index (χ0) is 12.1. The molecule has 0 saturated heterocycles. The van der Waals surface area contributed by atoms with E-state index in [2.05, 4.69) is 0 Å². The van der Waals surface area contributed by atoms with Crippen LogP contribution in [0.25, 0.3) is 0 Å². The van der Waals surface area contributed by atoms with E-state index in [1.165, 1.54) is 0 Å². The van der Waals surface area contributed by atoms with Gasteiger partial charge in [-0.25, -0.2) is 0 Å². The van der Waals surface area contributed by atoms with Crippen LogP contribution in [0.5, 0.6) is 5.75 Å². The second-order valence-electron chi connectivity index (χ2n) is 3.83. The molecular formula is C12H17NO3. The first-order valence-electron chi connectivity index (χ1n) is 5.21. The van der Waals surface area contributed by atoms with Gasteiger partial charge in [0.2, 0.25) is 5.91 Å². The number of hydrogen-bond donors (Lipinski definition) is 2. The van der Waals surface area contributed by atoms with E-state index in [-0.39, 0.29) is 12.5 Å². The van der Waals surface area contributed by atoms with Crippen LogP contribution in [0.3, 0.4) is 0 Å². The van der Waals surface area contributed by atoms with Gasteiger partial charge in [0.05, 0.1) is 18.6 Å². The van der Waals surface area contributed by atoms with Gasteiger partial charge in [-0.2, -0.15) is 0 Å². The number of ether oxygens (including phenoxy) is 1. The van der Waals surface area contributed by atoms with Gasteiger partial charge in [-0.1, -0.05) is 25.1 Å². The number of carbonyl (C=O) groups is 1. The molecule has 1 aromatic rings. The average Bonchev–Trinajstić information content (AvgIpc) is 2.25. The molecule has 0 radical (unpaired) electrons. The van der Waals surface area contributed by atoms with Crippen LogP contribution in [-0.2, 0) is 4.79 Å². The van der Waals surface area contributed by atoms with Gasteiger partial charge in [-0.3, -0.25) is 4.79 Å². The van der Waals surface area contributed by atoms with E-state index < -0.39 is 12.0 Å². The minimum atomic E-state index is -0.597. The van der Waals surface area contributed by atoms with Crippen LogP contribution in [-0.4, -0.2) is 17.6 Å². The molecule has 0 aliphatic rings. The molecule has 4 heteroatoms. The van der Waals surface area contributed by atoms with Crippen LogP contribution in [0.2, 0.25) is 0 Å². The van der Waals surface area contributed by atoms with Gasteiger partial charge >= 0.3 is 0 Å². The number of nitrogens with two attached hydrogens (primary N) is 1. The molecule has 0 aromatic heterocycles. The van der Waals surface area contributed by atoms with Gasteiger partial charge in [0, 0.05) is 5.56 Å². The summed E-state index contributed by atoms with van der Waals surface area (Å²) in [6.07, 6.45) is -0.597. The third-order valence-corrected chi connectivity index (χ3v) is 2.34. The zero-order valence-electron chi connectivity index (χ0n) is 9.51. The summed E-state index contributed by atoms with van der Waals surface area (Å²) in [7, 11) is 0. The lowest BCUT2D eigenvalue weighted by Gasteiger charge is -2.14. The van der Waals surface area contributed by atoms with Gasteiger partial charge in [0.15, 0.2) is 0 Å². The number of aliphatic hydroxyl groups is 1. The molecule has 2 unspecified atom stereocenters. The Morgan fingerprint density at radius 1 is 1.44 bits per heavy atom. The molecule has 88 valence electrons. The van der Waals surface area contributed by atoms with E-state index in [0.717, 1.165) is 0 Å². The van der Waals surface area contributed by atoms with Gasteiger partial charge < -0.3 is 15.6 Å². The van der Waals surface area contributed by atoms with Crippen LogP contribution in [0, 0.1) is 5.92 Å². The molecule has 0 spiro atoms. The highest BCUT2D eigenvalue weighted by molar-refractivity contribution is 5.76. The topological polar surface area (TPSA) is 72.6 Å². The molecule has 16 heavy (non-hydrogen) atoms. The van der Waals surface area contributed by atoms with Crippen molar-refractivity contribution in [3.8, 4) is 5.75 Å². The second-order valence-corrected chi connectivity index (χ2v) is 3.83. The lowest BCUT2D eigenvalue weighted by molar-refractivity contribution is -0.122. The lowest BCUT2D eigenvalue weighted by atomic mass is 10.1. The van der Waals surface area contributed by atoms with Crippen molar-refractivity contribution in [1.82, 2.24) is 0 Å². The molecular weight excluding hydrogens is 206 g/mol. The number of hydrogen-bond acceptors (Lipinski definition) is 3. The minimum Gasteiger partial charge on any atom is -0.492 e. The average molecular weight is 223 g/mol. The van der Waals surface area contributed by atoms with Crippen molar-refractivity contribution in [2.24, 2.45) is 11.7 Å². The molecule has 1 amide bonds. The smallest absolute Gasteiger partial charge is 0.223 e. The monoisotopic (exact) mass is 223 g/mol. The Labute approximate surface area is 95.0 Å². The maximum atomic E-state index is 10.8. The Morgan fingerprint density at radius 3 is 2.62 bits per heavy atom. The molecule has 2 atom stereocenters. The third kappa shape index (κ3) is 3.24. The number of aliphatic hydroxyl groups excluding tert-OH is 1. The molecule has 0 saturated carbocycles. The fourth-order valence-electron chi connectivity index (χ4n) is 1.25. The molecule has 3 N–H and O–H groups in total. The second kappa shape index (κ2) is 5.51. The van der Waals surface area contributed by atoms with E-state index in [4.69, 9.17) is 10.5 Å². The molecule has 4 nitrogen and oxygen atoms in total. The zero-order valence-corrected chi connectivity index (χ0v) is 9.51. The van der Waals surface area contributed by atoms with E-state index >= 15 is 0 Å². The quantitative estimate of drug-likeness (QED) is 0.788. The largest absolute Gasteiger partial charge is 0.492 e. The summed E-state index contributed by atoms with van der Waals surface area (Å²) in [6, 6.07) is 7.19. The van der Waals surface area contributed by atoms with Crippen molar-refractivity contribution in [1.29, 1.82) is 0 Å². The maximum absolute atomic E-state index is 10.8. The summed E-state index contributed by atoms with van der Waals surface area (Å²) >= 11 is 0. The van der Waals surface area contributed by atoms with E-state index in [0.29, 0.717) is 11.3 Å². The summed E-state index contributed by atoms with van der Waals surface area (Å²) in [5.74, 6) is -0.151. The molecule has 0 heterocycles. The Bertz CT molecular complexity index is 363. The normalized spacial score (nSPS) is 14.2. The standard InChI is InChI=1S/C12H17NO3/c1-8(12(13)15)7-16-11-6-4-3-5-10(11)9(2)14/h3-6,8-9,14H,7H2,1-2H3,(H2,13,15). The predicted molar refractivity (Wildman–Crippen MR) is 60.9 cm³/mol. The Kier molecular flexibility index (Phi) is 4.31. The summed E-state index contributed by atoms with van der Waals surface area (Å²) < 4.78 is 5.46. The van der Waals surface area contributed by atoms with Crippen molar-refractivity contribution >= 4 is 5.91 Å². The Balaban J connectivity index is 2.70. The SMILES string of the molecule is CC(COc1ccccc1C(C)O)C(N)=O. The van der Waals surface area contributed by atoms with Crippen molar-refractivity contribution in [2.75, 3.05) is 6.61 Å². The highest BCUT2D eigenvalue weighted by Gasteiger charge is 2.12. The first-order chi connectivity index (χ1) is 7.52. The lowest BCUT2D eigenvalue weighted by Crippen LogP contribution is -2.26. The van der Waals surface area contributed by atoms with Crippen molar-refractivity contribution in [3.05, 3.63) is 29.8 Å². The molecule has 0 fully saturated rings. The van der Waals surface area contributed by atoms with Crippen LogP contribution in [0.15, 0.2) is 24.3 Å². The van der Waals surface area contributed by atoms with Crippen molar-refractivity contribution < 1.29 is 14.6 Å². The summed E-state index contributed by atoms with van der Waals surface area (Å²) in [5.41, 5.74) is 5.84. The van der Waals surface area contributed by atoms with Gasteiger partial charge in [0.25, 0.3) is 0 Å². The van der Waals surface area contributed by atoms with E-state index in [9.17, 15) is 9.90 Å². The van der Waals surface area contributed by atoms with Gasteiger partial charge in [-0.15, -0.1) is 0 Å². The Hall–Kier alpha value is -1.55.